The van der Waals surface area contributed by atoms with Gasteiger partial charge >= 0.3 is 12.0 Å². The molecule has 1 aliphatic heterocycles. The maximum Gasteiger partial charge on any atom is 0.331 e. The molecular weight excluding hydrogens is 376 g/mol. The molecule has 1 aromatic rings. The fourth-order valence-electron chi connectivity index (χ4n) is 2.36. The van der Waals surface area contributed by atoms with E-state index in [9.17, 15) is 14.4 Å². The summed E-state index contributed by atoms with van der Waals surface area (Å²) >= 11 is 6.20. The Labute approximate surface area is 161 Å². The van der Waals surface area contributed by atoms with Crippen molar-refractivity contribution in [1.82, 2.24) is 5.32 Å². The molecule has 1 heterocycles. The molecule has 3 N–H and O–H groups in total. The van der Waals surface area contributed by atoms with Gasteiger partial charge in [-0.25, -0.2) is 9.59 Å². The first-order valence-corrected chi connectivity index (χ1v) is 8.74. The number of imide groups is 1. The molecule has 8 nitrogen and oxygen atoms in total. The first-order chi connectivity index (χ1) is 12.8. The third kappa shape index (κ3) is 5.89. The van der Waals surface area contributed by atoms with Crippen LogP contribution in [-0.2, 0) is 14.3 Å². The molecule has 2 rings (SSSR count). The second-order valence-electron chi connectivity index (χ2n) is 6.17. The van der Waals surface area contributed by atoms with Crippen LogP contribution in [0.15, 0.2) is 18.2 Å². The number of halogens is 1. The standard InChI is InChI=1S/C18H21ClN2O6/c1-10(2)15(17(23)21-18(20)24)27-14(22)5-4-11-8-12(19)16-13(9-11)25-6-3-7-26-16/h4-5,8-10,15H,3,6-7H2,1-2H3,(H3,20,21,23,24). The fourth-order valence-corrected chi connectivity index (χ4v) is 2.63. The highest BCUT2D eigenvalue weighted by molar-refractivity contribution is 6.32. The van der Waals surface area contributed by atoms with E-state index in [1.165, 1.54) is 6.08 Å². The Morgan fingerprint density at radius 2 is 1.96 bits per heavy atom. The van der Waals surface area contributed by atoms with E-state index in [0.717, 1.165) is 12.5 Å². The molecule has 1 atom stereocenters. The number of urea groups is 1. The van der Waals surface area contributed by atoms with Gasteiger partial charge in [0, 0.05) is 12.5 Å². The van der Waals surface area contributed by atoms with Gasteiger partial charge in [-0.3, -0.25) is 10.1 Å². The second-order valence-corrected chi connectivity index (χ2v) is 6.58. The predicted octanol–water partition coefficient (Wildman–Crippen LogP) is 2.28. The summed E-state index contributed by atoms with van der Waals surface area (Å²) in [7, 11) is 0. The van der Waals surface area contributed by atoms with Crippen molar-refractivity contribution in [3.8, 4) is 11.5 Å². The van der Waals surface area contributed by atoms with Crippen LogP contribution in [0.5, 0.6) is 11.5 Å². The van der Waals surface area contributed by atoms with Gasteiger partial charge in [0.05, 0.1) is 18.2 Å². The number of carbonyl (C=O) groups is 3. The van der Waals surface area contributed by atoms with Crippen molar-refractivity contribution in [2.24, 2.45) is 11.7 Å². The van der Waals surface area contributed by atoms with Crippen molar-refractivity contribution >= 4 is 35.6 Å². The lowest BCUT2D eigenvalue weighted by molar-refractivity contribution is -0.153. The van der Waals surface area contributed by atoms with Gasteiger partial charge < -0.3 is 19.9 Å². The van der Waals surface area contributed by atoms with Gasteiger partial charge in [-0.1, -0.05) is 25.4 Å². The highest BCUT2D eigenvalue weighted by Gasteiger charge is 2.26. The fraction of sp³-hybridized carbons (Fsp3) is 0.389. The Morgan fingerprint density at radius 1 is 1.26 bits per heavy atom. The molecule has 0 bridgehead atoms. The van der Waals surface area contributed by atoms with Crippen LogP contribution in [0.3, 0.4) is 0 Å². The minimum absolute atomic E-state index is 0.353. The Bertz CT molecular complexity index is 762. The van der Waals surface area contributed by atoms with Crippen molar-refractivity contribution in [1.29, 1.82) is 0 Å². The Hall–Kier alpha value is -2.74. The summed E-state index contributed by atoms with van der Waals surface area (Å²) in [6, 6.07) is 2.30. The predicted molar refractivity (Wildman–Crippen MR) is 98.5 cm³/mol. The van der Waals surface area contributed by atoms with Crippen LogP contribution in [0.2, 0.25) is 5.02 Å². The number of benzene rings is 1. The van der Waals surface area contributed by atoms with Crippen molar-refractivity contribution in [3.63, 3.8) is 0 Å². The third-order valence-electron chi connectivity index (χ3n) is 3.59. The molecule has 0 saturated heterocycles. The van der Waals surface area contributed by atoms with Gasteiger partial charge in [0.2, 0.25) is 0 Å². The summed E-state index contributed by atoms with van der Waals surface area (Å²) in [6.07, 6.45) is 2.23. The van der Waals surface area contributed by atoms with Crippen LogP contribution in [-0.4, -0.2) is 37.2 Å². The zero-order chi connectivity index (χ0) is 20.0. The van der Waals surface area contributed by atoms with Gasteiger partial charge in [-0.2, -0.15) is 0 Å². The van der Waals surface area contributed by atoms with Crippen LogP contribution in [0.1, 0.15) is 25.8 Å². The number of primary amides is 1. The lowest BCUT2D eigenvalue weighted by atomic mass is 10.1. The summed E-state index contributed by atoms with van der Waals surface area (Å²) < 4.78 is 16.3. The monoisotopic (exact) mass is 396 g/mol. The number of nitrogens with two attached hydrogens (primary N) is 1. The van der Waals surface area contributed by atoms with Crippen molar-refractivity contribution in [3.05, 3.63) is 28.8 Å². The highest BCUT2D eigenvalue weighted by atomic mass is 35.5. The third-order valence-corrected chi connectivity index (χ3v) is 3.87. The van der Waals surface area contributed by atoms with E-state index in [2.05, 4.69) is 0 Å². The van der Waals surface area contributed by atoms with Crippen LogP contribution in [0, 0.1) is 5.92 Å². The number of esters is 1. The second kappa shape index (κ2) is 9.27. The van der Waals surface area contributed by atoms with E-state index >= 15 is 0 Å². The number of fused-ring (bicyclic) bond motifs is 1. The topological polar surface area (TPSA) is 117 Å². The van der Waals surface area contributed by atoms with Crippen LogP contribution < -0.4 is 20.5 Å². The van der Waals surface area contributed by atoms with Gasteiger partial charge in [0.15, 0.2) is 17.6 Å². The maximum absolute atomic E-state index is 12.1. The molecule has 1 unspecified atom stereocenters. The minimum Gasteiger partial charge on any atom is -0.489 e. The largest absolute Gasteiger partial charge is 0.489 e. The van der Waals surface area contributed by atoms with Gasteiger partial charge in [-0.05, 0) is 29.7 Å². The van der Waals surface area contributed by atoms with E-state index in [1.54, 1.807) is 26.0 Å². The summed E-state index contributed by atoms with van der Waals surface area (Å²) in [6.45, 7) is 4.36. The molecule has 1 aliphatic rings. The first-order valence-electron chi connectivity index (χ1n) is 8.36. The zero-order valence-electron chi connectivity index (χ0n) is 15.0. The van der Waals surface area contributed by atoms with Gasteiger partial charge in [0.25, 0.3) is 5.91 Å². The summed E-state index contributed by atoms with van der Waals surface area (Å²) in [5.41, 5.74) is 5.52. The summed E-state index contributed by atoms with van der Waals surface area (Å²) in [4.78, 5) is 34.7. The molecule has 146 valence electrons. The van der Waals surface area contributed by atoms with Crippen molar-refractivity contribution in [2.75, 3.05) is 13.2 Å². The van der Waals surface area contributed by atoms with E-state index in [1.807, 2.05) is 5.32 Å². The molecule has 9 heteroatoms. The normalized spacial score (nSPS) is 14.5. The van der Waals surface area contributed by atoms with E-state index in [0.29, 0.717) is 35.3 Å². The van der Waals surface area contributed by atoms with Crippen LogP contribution in [0.4, 0.5) is 4.79 Å². The van der Waals surface area contributed by atoms with E-state index in [4.69, 9.17) is 31.5 Å². The number of nitrogens with one attached hydrogen (secondary N) is 1. The Morgan fingerprint density at radius 3 is 2.63 bits per heavy atom. The van der Waals surface area contributed by atoms with Crippen molar-refractivity contribution < 1.29 is 28.6 Å². The van der Waals surface area contributed by atoms with Gasteiger partial charge in [-0.15, -0.1) is 0 Å². The first kappa shape index (κ1) is 20.6. The summed E-state index contributed by atoms with van der Waals surface area (Å²) in [5.74, 6) is -0.922. The number of hydrogen-bond donors (Lipinski definition) is 2. The quantitative estimate of drug-likeness (QED) is 0.582. The lowest BCUT2D eigenvalue weighted by Gasteiger charge is -2.18. The number of carbonyl (C=O) groups excluding carboxylic acids is 3. The maximum atomic E-state index is 12.1. The number of amides is 3. The molecule has 0 saturated carbocycles. The molecule has 0 radical (unpaired) electrons. The SMILES string of the molecule is CC(C)C(OC(=O)C=Cc1cc(Cl)c2c(c1)OCCCO2)C(=O)NC(N)=O. The average molecular weight is 397 g/mol. The van der Waals surface area contributed by atoms with Crippen LogP contribution in [0.25, 0.3) is 6.08 Å². The zero-order valence-corrected chi connectivity index (χ0v) is 15.7. The van der Waals surface area contributed by atoms with E-state index < -0.39 is 24.0 Å². The Kier molecular flexibility index (Phi) is 7.06. The molecule has 0 fully saturated rings. The number of ether oxygens (including phenoxy) is 3. The molecule has 27 heavy (non-hydrogen) atoms. The van der Waals surface area contributed by atoms with Crippen molar-refractivity contribution in [2.45, 2.75) is 26.4 Å². The lowest BCUT2D eigenvalue weighted by Crippen LogP contribution is -2.45. The molecule has 0 spiro atoms. The van der Waals surface area contributed by atoms with E-state index in [-0.39, 0.29) is 5.92 Å². The molecule has 0 aromatic heterocycles. The number of rotatable bonds is 5. The summed E-state index contributed by atoms with van der Waals surface area (Å²) in [5, 5.41) is 2.27. The molecule has 1 aromatic carbocycles. The van der Waals surface area contributed by atoms with Crippen LogP contribution >= 0.6 is 11.6 Å². The average Bonchev–Trinajstić information content (AvgIpc) is 2.82. The minimum atomic E-state index is -1.15. The molecular formula is C18H21ClN2O6. The number of hydrogen-bond acceptors (Lipinski definition) is 6. The van der Waals surface area contributed by atoms with Gasteiger partial charge in [0.1, 0.15) is 0 Å². The molecule has 0 aliphatic carbocycles. The smallest absolute Gasteiger partial charge is 0.331 e. The highest BCUT2D eigenvalue weighted by Crippen LogP contribution is 2.38. The molecule has 3 amide bonds. The Balaban J connectivity index is 2.09.